The molecule has 0 N–H and O–H groups in total. The molecule has 0 rings (SSSR count). The van der Waals surface area contributed by atoms with Crippen LogP contribution in [0, 0.1) is 0 Å². The molecule has 0 bridgehead atoms. The Morgan fingerprint density at radius 1 is 1.00 bits per heavy atom. The summed E-state index contributed by atoms with van der Waals surface area (Å²) in [6.07, 6.45) is -0.589. The predicted octanol–water partition coefficient (Wildman–Crippen LogP) is 0.102. The van der Waals surface area contributed by atoms with E-state index in [9.17, 15) is 9.59 Å². The van der Waals surface area contributed by atoms with E-state index in [-0.39, 0.29) is 19.6 Å². The van der Waals surface area contributed by atoms with Gasteiger partial charge in [-0.2, -0.15) is 0 Å². The highest BCUT2D eigenvalue weighted by Gasteiger charge is 2.19. The Kier molecular flexibility index (Phi) is 7.57. The highest BCUT2D eigenvalue weighted by Crippen LogP contribution is 2.06. The van der Waals surface area contributed by atoms with E-state index in [0.29, 0.717) is 0 Å². The van der Waals surface area contributed by atoms with Gasteiger partial charge < -0.3 is 18.9 Å². The van der Waals surface area contributed by atoms with Crippen LogP contribution in [0.1, 0.15) is 12.8 Å². The lowest BCUT2D eigenvalue weighted by molar-refractivity contribution is -0.152. The topological polar surface area (TPSA) is 71.1 Å². The fourth-order valence-corrected chi connectivity index (χ4v) is 0.893. The summed E-state index contributed by atoms with van der Waals surface area (Å²) in [4.78, 5) is 21.9. The van der Waals surface area contributed by atoms with Crippen LogP contribution in [0.3, 0.4) is 0 Å². The van der Waals surface area contributed by atoms with Gasteiger partial charge in [0.2, 0.25) is 0 Å². The SMILES string of the molecule is COCOC(CC(=O)OC)CC(=O)OC. The number of ether oxygens (including phenoxy) is 4. The molecule has 6 heteroatoms. The summed E-state index contributed by atoms with van der Waals surface area (Å²) < 4.78 is 18.7. The van der Waals surface area contributed by atoms with Gasteiger partial charge in [0.05, 0.1) is 33.2 Å². The van der Waals surface area contributed by atoms with Crippen molar-refractivity contribution in [2.45, 2.75) is 18.9 Å². The molecule has 0 aromatic carbocycles. The second-order valence-electron chi connectivity index (χ2n) is 2.76. The number of esters is 2. The molecule has 0 spiro atoms. The molecule has 0 aliphatic rings. The summed E-state index contributed by atoms with van der Waals surface area (Å²) in [7, 11) is 4.00. The van der Waals surface area contributed by atoms with E-state index in [0.717, 1.165) is 0 Å². The molecule has 0 aliphatic heterocycles. The minimum atomic E-state index is -0.579. The first-order valence-corrected chi connectivity index (χ1v) is 4.38. The minimum absolute atomic E-state index is 0.00500. The van der Waals surface area contributed by atoms with Crippen molar-refractivity contribution in [2.24, 2.45) is 0 Å². The first-order chi connectivity index (χ1) is 7.13. The summed E-state index contributed by atoms with van der Waals surface area (Å²) in [5.74, 6) is -0.889. The summed E-state index contributed by atoms with van der Waals surface area (Å²) in [6, 6.07) is 0. The quantitative estimate of drug-likeness (QED) is 0.447. The van der Waals surface area contributed by atoms with E-state index in [2.05, 4.69) is 14.2 Å². The van der Waals surface area contributed by atoms with Gasteiger partial charge in [0.15, 0.2) is 0 Å². The van der Waals surface area contributed by atoms with Crippen LogP contribution < -0.4 is 0 Å². The molecule has 0 saturated carbocycles. The second-order valence-corrected chi connectivity index (χ2v) is 2.76. The molecule has 6 nitrogen and oxygen atoms in total. The largest absolute Gasteiger partial charge is 0.469 e. The third kappa shape index (κ3) is 6.87. The Balaban J connectivity index is 4.05. The maximum atomic E-state index is 11.0. The Morgan fingerprint density at radius 2 is 1.47 bits per heavy atom. The Morgan fingerprint density at radius 3 is 1.80 bits per heavy atom. The maximum Gasteiger partial charge on any atom is 0.308 e. The van der Waals surface area contributed by atoms with E-state index >= 15 is 0 Å². The molecule has 0 atom stereocenters. The number of carbonyl (C=O) groups excluding carboxylic acids is 2. The van der Waals surface area contributed by atoms with Gasteiger partial charge in [-0.25, -0.2) is 0 Å². The smallest absolute Gasteiger partial charge is 0.308 e. The third-order valence-electron chi connectivity index (χ3n) is 1.67. The zero-order chi connectivity index (χ0) is 11.7. The van der Waals surface area contributed by atoms with Crippen molar-refractivity contribution < 1.29 is 28.5 Å². The Bertz CT molecular complexity index is 185. The minimum Gasteiger partial charge on any atom is -0.469 e. The molecule has 0 unspecified atom stereocenters. The molecule has 88 valence electrons. The molecule has 0 aromatic rings. The van der Waals surface area contributed by atoms with Gasteiger partial charge in [0, 0.05) is 7.11 Å². The molecular formula is C9H16O6. The van der Waals surface area contributed by atoms with Crippen molar-refractivity contribution in [1.82, 2.24) is 0 Å². The Labute approximate surface area is 88.4 Å². The monoisotopic (exact) mass is 220 g/mol. The average molecular weight is 220 g/mol. The van der Waals surface area contributed by atoms with Crippen molar-refractivity contribution in [3.05, 3.63) is 0 Å². The first-order valence-electron chi connectivity index (χ1n) is 4.38. The van der Waals surface area contributed by atoms with Gasteiger partial charge in [-0.15, -0.1) is 0 Å². The van der Waals surface area contributed by atoms with Crippen LogP contribution in [0.15, 0.2) is 0 Å². The van der Waals surface area contributed by atoms with Crippen LogP contribution in [-0.2, 0) is 28.5 Å². The predicted molar refractivity (Wildman–Crippen MR) is 50.0 cm³/mol. The van der Waals surface area contributed by atoms with Gasteiger partial charge in [-0.1, -0.05) is 0 Å². The molecule has 15 heavy (non-hydrogen) atoms. The lowest BCUT2D eigenvalue weighted by Gasteiger charge is -2.14. The molecule has 0 heterocycles. The van der Waals surface area contributed by atoms with Crippen LogP contribution in [0.5, 0.6) is 0 Å². The maximum absolute atomic E-state index is 11.0. The van der Waals surface area contributed by atoms with E-state index in [1.807, 2.05) is 0 Å². The number of rotatable bonds is 7. The fraction of sp³-hybridized carbons (Fsp3) is 0.778. The average Bonchev–Trinajstić information content (AvgIpc) is 2.25. The summed E-state index contributed by atoms with van der Waals surface area (Å²) >= 11 is 0. The van der Waals surface area contributed by atoms with E-state index < -0.39 is 18.0 Å². The molecule has 0 radical (unpaired) electrons. The van der Waals surface area contributed by atoms with Crippen LogP contribution in [0.2, 0.25) is 0 Å². The zero-order valence-electron chi connectivity index (χ0n) is 9.15. The highest BCUT2D eigenvalue weighted by atomic mass is 16.7. The van der Waals surface area contributed by atoms with Gasteiger partial charge in [-0.05, 0) is 0 Å². The van der Waals surface area contributed by atoms with E-state index in [1.54, 1.807) is 0 Å². The molecule has 0 amide bonds. The van der Waals surface area contributed by atoms with Gasteiger partial charge >= 0.3 is 11.9 Å². The molecule has 0 aromatic heterocycles. The number of methoxy groups -OCH3 is 3. The number of hydrogen-bond acceptors (Lipinski definition) is 6. The summed E-state index contributed by atoms with van der Waals surface area (Å²) in [5, 5.41) is 0. The normalized spacial score (nSPS) is 10.1. The Hall–Kier alpha value is -1.14. The lowest BCUT2D eigenvalue weighted by atomic mass is 10.2. The van der Waals surface area contributed by atoms with E-state index in [4.69, 9.17) is 4.74 Å². The van der Waals surface area contributed by atoms with Gasteiger partial charge in [0.25, 0.3) is 0 Å². The van der Waals surface area contributed by atoms with Crippen LogP contribution in [0.25, 0.3) is 0 Å². The first kappa shape index (κ1) is 13.9. The summed E-state index contributed by atoms with van der Waals surface area (Å²) in [6.45, 7) is 0.0126. The molecular weight excluding hydrogens is 204 g/mol. The van der Waals surface area contributed by atoms with Crippen molar-refractivity contribution in [1.29, 1.82) is 0 Å². The standard InChI is InChI=1S/C9H16O6/c1-12-6-15-7(4-8(10)13-2)5-9(11)14-3/h7H,4-6H2,1-3H3. The van der Waals surface area contributed by atoms with Gasteiger partial charge in [-0.3, -0.25) is 9.59 Å². The van der Waals surface area contributed by atoms with Crippen LogP contribution in [-0.4, -0.2) is 46.2 Å². The summed E-state index contributed by atoms with van der Waals surface area (Å²) in [5.41, 5.74) is 0. The van der Waals surface area contributed by atoms with Crippen molar-refractivity contribution in [3.63, 3.8) is 0 Å². The van der Waals surface area contributed by atoms with Gasteiger partial charge in [0.1, 0.15) is 6.79 Å². The van der Waals surface area contributed by atoms with Crippen molar-refractivity contribution >= 4 is 11.9 Å². The number of carbonyl (C=O) groups is 2. The third-order valence-corrected chi connectivity index (χ3v) is 1.67. The number of hydrogen-bond donors (Lipinski definition) is 0. The lowest BCUT2D eigenvalue weighted by Crippen LogP contribution is -2.23. The zero-order valence-corrected chi connectivity index (χ0v) is 9.15. The van der Waals surface area contributed by atoms with Crippen LogP contribution in [0.4, 0.5) is 0 Å². The second kappa shape index (κ2) is 8.19. The van der Waals surface area contributed by atoms with Crippen molar-refractivity contribution in [3.8, 4) is 0 Å². The van der Waals surface area contributed by atoms with Crippen molar-refractivity contribution in [2.75, 3.05) is 28.1 Å². The molecule has 0 fully saturated rings. The molecule has 0 aliphatic carbocycles. The van der Waals surface area contributed by atoms with E-state index in [1.165, 1.54) is 21.3 Å². The fourth-order valence-electron chi connectivity index (χ4n) is 0.893. The highest BCUT2D eigenvalue weighted by molar-refractivity contribution is 5.73. The van der Waals surface area contributed by atoms with Crippen LogP contribution >= 0.6 is 0 Å². The molecule has 0 saturated heterocycles.